The van der Waals surface area contributed by atoms with Gasteiger partial charge in [-0.05, 0) is 32.3 Å². The Bertz CT molecular complexity index is 1140. The van der Waals surface area contributed by atoms with Crippen LogP contribution in [0.25, 0.3) is 33.7 Å². The van der Waals surface area contributed by atoms with E-state index >= 15 is 0 Å². The summed E-state index contributed by atoms with van der Waals surface area (Å²) in [5.41, 5.74) is 10.3. The van der Waals surface area contributed by atoms with Crippen LogP contribution in [-0.2, 0) is 12.6 Å². The Morgan fingerprint density at radius 1 is 1.15 bits per heavy atom. The van der Waals surface area contributed by atoms with Gasteiger partial charge in [0.2, 0.25) is 0 Å². The Balaban J connectivity index is 1.73. The van der Waals surface area contributed by atoms with Crippen LogP contribution in [0.15, 0.2) is 40.9 Å². The summed E-state index contributed by atoms with van der Waals surface area (Å²) >= 11 is 0. The first-order valence-electron chi connectivity index (χ1n) is 9.08. The van der Waals surface area contributed by atoms with Crippen molar-refractivity contribution in [1.29, 1.82) is 0 Å². The molecule has 0 bridgehead atoms. The fourth-order valence-electron chi connectivity index (χ4n) is 3.69. The quantitative estimate of drug-likeness (QED) is 0.602. The maximum absolute atomic E-state index is 6.37. The highest BCUT2D eigenvalue weighted by Crippen LogP contribution is 2.39. The topological polar surface area (TPSA) is 95.7 Å². The first-order chi connectivity index (χ1) is 13.0. The third kappa shape index (κ3) is 2.46. The summed E-state index contributed by atoms with van der Waals surface area (Å²) in [4.78, 5) is 9.46. The molecular weight excluding hydrogens is 340 g/mol. The minimum Gasteiger partial charge on any atom is -0.334 e. The van der Waals surface area contributed by atoms with Crippen LogP contribution < -0.4 is 5.73 Å². The number of aromatic nitrogens is 5. The van der Waals surface area contributed by atoms with Crippen LogP contribution in [0, 0.1) is 6.92 Å². The highest BCUT2D eigenvalue weighted by molar-refractivity contribution is 5.95. The molecule has 5 rings (SSSR count). The Morgan fingerprint density at radius 3 is 2.63 bits per heavy atom. The van der Waals surface area contributed by atoms with Crippen molar-refractivity contribution in [2.45, 2.75) is 31.7 Å². The van der Waals surface area contributed by atoms with Crippen molar-refractivity contribution in [2.75, 3.05) is 0 Å². The number of pyridine rings is 1. The van der Waals surface area contributed by atoms with E-state index in [1.807, 2.05) is 50.4 Å². The standard InChI is InChI=1S/C20H20N6O/c1-12-16-14(18-23-19(25-27-18)20(21)9-6-10-20)11-15(13-7-4-3-5-8-13)22-17(16)26(2)24-12/h3-5,7-8,11H,6,9-10,21H2,1-2H3. The summed E-state index contributed by atoms with van der Waals surface area (Å²) in [6.45, 7) is 1.96. The van der Waals surface area contributed by atoms with Gasteiger partial charge in [-0.15, -0.1) is 0 Å². The van der Waals surface area contributed by atoms with Gasteiger partial charge in [-0.25, -0.2) is 4.98 Å². The van der Waals surface area contributed by atoms with E-state index in [1.165, 1.54) is 0 Å². The van der Waals surface area contributed by atoms with Gasteiger partial charge < -0.3 is 10.3 Å². The third-order valence-corrected chi connectivity index (χ3v) is 5.39. The second-order valence-corrected chi connectivity index (χ2v) is 7.26. The molecule has 0 radical (unpaired) electrons. The normalized spacial score (nSPS) is 15.8. The highest BCUT2D eigenvalue weighted by Gasteiger charge is 2.39. The molecule has 2 N–H and O–H groups in total. The van der Waals surface area contributed by atoms with Crippen LogP contribution >= 0.6 is 0 Å². The molecule has 3 heterocycles. The van der Waals surface area contributed by atoms with Gasteiger partial charge in [0.1, 0.15) is 0 Å². The predicted molar refractivity (Wildman–Crippen MR) is 102 cm³/mol. The number of hydrogen-bond acceptors (Lipinski definition) is 6. The number of nitrogens with zero attached hydrogens (tertiary/aromatic N) is 5. The van der Waals surface area contributed by atoms with Gasteiger partial charge in [0, 0.05) is 12.6 Å². The molecule has 0 unspecified atom stereocenters. The lowest BCUT2D eigenvalue weighted by Gasteiger charge is -2.34. The lowest BCUT2D eigenvalue weighted by molar-refractivity contribution is 0.229. The number of nitrogens with two attached hydrogens (primary N) is 1. The van der Waals surface area contributed by atoms with E-state index in [2.05, 4.69) is 15.2 Å². The summed E-state index contributed by atoms with van der Waals surface area (Å²) < 4.78 is 7.42. The number of hydrogen-bond donors (Lipinski definition) is 1. The average molecular weight is 360 g/mol. The Hall–Kier alpha value is -3.06. The van der Waals surface area contributed by atoms with Gasteiger partial charge >= 0.3 is 0 Å². The Morgan fingerprint density at radius 2 is 1.93 bits per heavy atom. The van der Waals surface area contributed by atoms with Crippen LogP contribution in [0.1, 0.15) is 30.8 Å². The molecular formula is C20H20N6O. The fraction of sp³-hybridized carbons (Fsp3) is 0.300. The molecule has 1 fully saturated rings. The molecule has 1 aliphatic rings. The molecule has 0 aliphatic heterocycles. The van der Waals surface area contributed by atoms with Crippen LogP contribution in [-0.4, -0.2) is 24.9 Å². The van der Waals surface area contributed by atoms with Crippen LogP contribution in [0.5, 0.6) is 0 Å². The predicted octanol–water partition coefficient (Wildman–Crippen LogP) is 3.33. The van der Waals surface area contributed by atoms with Crippen LogP contribution in [0.3, 0.4) is 0 Å². The molecule has 1 aliphatic carbocycles. The average Bonchev–Trinajstić information content (AvgIpc) is 3.26. The molecule has 0 amide bonds. The van der Waals surface area contributed by atoms with Crippen molar-refractivity contribution in [3.8, 4) is 22.7 Å². The molecule has 27 heavy (non-hydrogen) atoms. The van der Waals surface area contributed by atoms with E-state index in [0.717, 1.165) is 52.8 Å². The fourth-order valence-corrected chi connectivity index (χ4v) is 3.69. The number of benzene rings is 1. The second kappa shape index (κ2) is 5.72. The molecule has 3 aromatic heterocycles. The maximum Gasteiger partial charge on any atom is 0.258 e. The SMILES string of the molecule is Cc1nn(C)c2nc(-c3ccccc3)cc(-c3nc(C4(N)CCC4)no3)c12. The second-order valence-electron chi connectivity index (χ2n) is 7.26. The summed E-state index contributed by atoms with van der Waals surface area (Å²) in [6, 6.07) is 12.0. The molecule has 7 heteroatoms. The lowest BCUT2D eigenvalue weighted by Crippen LogP contribution is -2.44. The van der Waals surface area contributed by atoms with Crippen molar-refractivity contribution >= 4 is 11.0 Å². The van der Waals surface area contributed by atoms with Gasteiger partial charge in [-0.1, -0.05) is 35.5 Å². The molecule has 0 spiro atoms. The smallest absolute Gasteiger partial charge is 0.258 e. The molecule has 0 saturated heterocycles. The Kier molecular flexibility index (Phi) is 3.42. The van der Waals surface area contributed by atoms with E-state index in [9.17, 15) is 0 Å². The molecule has 1 saturated carbocycles. The van der Waals surface area contributed by atoms with Gasteiger partial charge in [-0.3, -0.25) is 4.68 Å². The molecule has 4 aromatic rings. The molecule has 136 valence electrons. The van der Waals surface area contributed by atoms with Gasteiger partial charge in [0.15, 0.2) is 11.5 Å². The maximum atomic E-state index is 6.37. The molecule has 1 aromatic carbocycles. The van der Waals surface area contributed by atoms with Crippen molar-refractivity contribution in [2.24, 2.45) is 12.8 Å². The van der Waals surface area contributed by atoms with Crippen LogP contribution in [0.4, 0.5) is 0 Å². The lowest BCUT2D eigenvalue weighted by atomic mass is 9.77. The van der Waals surface area contributed by atoms with Crippen LogP contribution in [0.2, 0.25) is 0 Å². The van der Waals surface area contributed by atoms with E-state index in [0.29, 0.717) is 11.7 Å². The van der Waals surface area contributed by atoms with Gasteiger partial charge in [0.25, 0.3) is 5.89 Å². The minimum atomic E-state index is -0.458. The van der Waals surface area contributed by atoms with Crippen molar-refractivity contribution in [1.82, 2.24) is 24.9 Å². The van der Waals surface area contributed by atoms with Crippen molar-refractivity contribution in [3.05, 3.63) is 47.9 Å². The van der Waals surface area contributed by atoms with Crippen molar-refractivity contribution in [3.63, 3.8) is 0 Å². The van der Waals surface area contributed by atoms with E-state index in [1.54, 1.807) is 4.68 Å². The van der Waals surface area contributed by atoms with Gasteiger partial charge in [0.05, 0.1) is 27.9 Å². The summed E-state index contributed by atoms with van der Waals surface area (Å²) in [5.74, 6) is 1.04. The largest absolute Gasteiger partial charge is 0.334 e. The van der Waals surface area contributed by atoms with Gasteiger partial charge in [-0.2, -0.15) is 10.1 Å². The zero-order valence-corrected chi connectivity index (χ0v) is 15.3. The zero-order chi connectivity index (χ0) is 18.6. The summed E-state index contributed by atoms with van der Waals surface area (Å²) in [7, 11) is 1.89. The monoisotopic (exact) mass is 360 g/mol. The minimum absolute atomic E-state index is 0.458. The summed E-state index contributed by atoms with van der Waals surface area (Å²) in [5, 5.41) is 9.63. The molecule has 7 nitrogen and oxygen atoms in total. The highest BCUT2D eigenvalue weighted by atomic mass is 16.5. The van der Waals surface area contributed by atoms with Crippen molar-refractivity contribution < 1.29 is 4.52 Å². The zero-order valence-electron chi connectivity index (χ0n) is 15.3. The number of rotatable bonds is 3. The third-order valence-electron chi connectivity index (χ3n) is 5.39. The molecule has 0 atom stereocenters. The number of fused-ring (bicyclic) bond motifs is 1. The summed E-state index contributed by atoms with van der Waals surface area (Å²) in [6.07, 6.45) is 2.87. The van der Waals surface area contributed by atoms with E-state index in [-0.39, 0.29) is 0 Å². The first-order valence-corrected chi connectivity index (χ1v) is 9.08. The van der Waals surface area contributed by atoms with E-state index < -0.39 is 5.54 Å². The van der Waals surface area contributed by atoms with E-state index in [4.69, 9.17) is 15.2 Å². The Labute approximate surface area is 156 Å². The number of aryl methyl sites for hydroxylation is 2. The first kappa shape index (κ1) is 16.1.